The van der Waals surface area contributed by atoms with Crippen molar-refractivity contribution in [3.05, 3.63) is 58.6 Å². The van der Waals surface area contributed by atoms with Crippen LogP contribution in [0.1, 0.15) is 11.1 Å². The van der Waals surface area contributed by atoms with E-state index in [1.165, 1.54) is 5.56 Å². The SMILES string of the molecule is COc1ccc(NC(N)=NCc2ccccc2C)cc1Cl. The summed E-state index contributed by atoms with van der Waals surface area (Å²) in [5.74, 6) is 0.970. The quantitative estimate of drug-likeness (QED) is 0.670. The van der Waals surface area contributed by atoms with Crippen LogP contribution in [-0.4, -0.2) is 13.1 Å². The monoisotopic (exact) mass is 303 g/mol. The number of aryl methyl sites for hydroxylation is 1. The first-order valence-corrected chi connectivity index (χ1v) is 6.93. The van der Waals surface area contributed by atoms with Gasteiger partial charge in [-0.15, -0.1) is 0 Å². The third kappa shape index (κ3) is 4.13. The van der Waals surface area contributed by atoms with Crippen molar-refractivity contribution in [2.24, 2.45) is 10.7 Å². The average Bonchev–Trinajstić information content (AvgIpc) is 2.46. The van der Waals surface area contributed by atoms with Gasteiger partial charge >= 0.3 is 0 Å². The van der Waals surface area contributed by atoms with Crippen LogP contribution in [0.4, 0.5) is 5.69 Å². The maximum atomic E-state index is 6.06. The largest absolute Gasteiger partial charge is 0.495 e. The number of aliphatic imine (C=N–C) groups is 1. The van der Waals surface area contributed by atoms with Crippen LogP contribution in [0.25, 0.3) is 0 Å². The normalized spacial score (nSPS) is 11.3. The lowest BCUT2D eigenvalue weighted by Crippen LogP contribution is -2.22. The molecule has 0 unspecified atom stereocenters. The Morgan fingerprint density at radius 2 is 2.05 bits per heavy atom. The number of halogens is 1. The number of hydrogen-bond donors (Lipinski definition) is 2. The van der Waals surface area contributed by atoms with E-state index in [0.717, 1.165) is 11.3 Å². The molecule has 110 valence electrons. The Bertz CT molecular complexity index is 656. The number of hydrogen-bond acceptors (Lipinski definition) is 2. The third-order valence-corrected chi connectivity index (χ3v) is 3.40. The number of nitrogens with two attached hydrogens (primary N) is 1. The molecule has 2 rings (SSSR count). The minimum atomic E-state index is 0.347. The highest BCUT2D eigenvalue weighted by atomic mass is 35.5. The van der Waals surface area contributed by atoms with E-state index < -0.39 is 0 Å². The number of anilines is 1. The molecule has 0 aliphatic carbocycles. The molecule has 3 N–H and O–H groups in total. The topological polar surface area (TPSA) is 59.6 Å². The highest BCUT2D eigenvalue weighted by Crippen LogP contribution is 2.27. The molecule has 4 nitrogen and oxygen atoms in total. The second kappa shape index (κ2) is 6.99. The molecule has 0 spiro atoms. The first-order valence-electron chi connectivity index (χ1n) is 6.55. The van der Waals surface area contributed by atoms with E-state index in [4.69, 9.17) is 22.1 Å². The highest BCUT2D eigenvalue weighted by molar-refractivity contribution is 6.32. The lowest BCUT2D eigenvalue weighted by Gasteiger charge is -2.09. The number of benzene rings is 2. The molecule has 0 saturated carbocycles. The summed E-state index contributed by atoms with van der Waals surface area (Å²) >= 11 is 6.06. The van der Waals surface area contributed by atoms with E-state index in [1.54, 1.807) is 19.2 Å². The predicted octanol–water partition coefficient (Wildman–Crippen LogP) is 3.58. The molecule has 0 amide bonds. The number of nitrogens with one attached hydrogen (secondary N) is 1. The minimum Gasteiger partial charge on any atom is -0.495 e. The van der Waals surface area contributed by atoms with Crippen molar-refractivity contribution in [1.82, 2.24) is 0 Å². The Kier molecular flexibility index (Phi) is 5.06. The van der Waals surface area contributed by atoms with Gasteiger partial charge in [0.05, 0.1) is 18.7 Å². The third-order valence-electron chi connectivity index (χ3n) is 3.11. The molecule has 0 radical (unpaired) electrons. The zero-order chi connectivity index (χ0) is 15.2. The summed E-state index contributed by atoms with van der Waals surface area (Å²) in [7, 11) is 1.58. The summed E-state index contributed by atoms with van der Waals surface area (Å²) in [5, 5.41) is 3.53. The van der Waals surface area contributed by atoms with Gasteiger partial charge in [0.15, 0.2) is 5.96 Å². The molecule has 0 atom stereocenters. The predicted molar refractivity (Wildman–Crippen MR) is 88.1 cm³/mol. The van der Waals surface area contributed by atoms with Crippen molar-refractivity contribution in [3.63, 3.8) is 0 Å². The van der Waals surface area contributed by atoms with E-state index in [1.807, 2.05) is 24.3 Å². The molecule has 2 aromatic carbocycles. The Morgan fingerprint density at radius 3 is 2.71 bits per heavy atom. The average molecular weight is 304 g/mol. The zero-order valence-electron chi connectivity index (χ0n) is 12.1. The molecule has 0 aromatic heterocycles. The number of nitrogens with zero attached hydrogens (tertiary/aromatic N) is 1. The van der Waals surface area contributed by atoms with Crippen LogP contribution in [0.5, 0.6) is 5.75 Å². The minimum absolute atomic E-state index is 0.347. The van der Waals surface area contributed by atoms with E-state index in [9.17, 15) is 0 Å². The summed E-state index contributed by atoms with van der Waals surface area (Å²) < 4.78 is 5.10. The highest BCUT2D eigenvalue weighted by Gasteiger charge is 2.03. The van der Waals surface area contributed by atoms with Gasteiger partial charge in [0.2, 0.25) is 0 Å². The fourth-order valence-electron chi connectivity index (χ4n) is 1.89. The van der Waals surface area contributed by atoms with Crippen LogP contribution in [0, 0.1) is 6.92 Å². The van der Waals surface area contributed by atoms with E-state index in [0.29, 0.717) is 23.3 Å². The first-order chi connectivity index (χ1) is 10.1. The second-order valence-electron chi connectivity index (χ2n) is 4.60. The second-order valence-corrected chi connectivity index (χ2v) is 5.01. The number of methoxy groups -OCH3 is 1. The van der Waals surface area contributed by atoms with Crippen LogP contribution in [-0.2, 0) is 6.54 Å². The maximum absolute atomic E-state index is 6.06. The van der Waals surface area contributed by atoms with Gasteiger partial charge in [-0.25, -0.2) is 4.99 Å². The first kappa shape index (κ1) is 15.2. The van der Waals surface area contributed by atoms with Crippen molar-refractivity contribution in [2.75, 3.05) is 12.4 Å². The Hall–Kier alpha value is -2.20. The zero-order valence-corrected chi connectivity index (χ0v) is 12.8. The number of guanidine groups is 1. The Morgan fingerprint density at radius 1 is 1.29 bits per heavy atom. The van der Waals surface area contributed by atoms with Gasteiger partial charge in [-0.2, -0.15) is 0 Å². The lowest BCUT2D eigenvalue weighted by atomic mass is 10.1. The van der Waals surface area contributed by atoms with Gasteiger partial charge in [0.25, 0.3) is 0 Å². The fourth-order valence-corrected chi connectivity index (χ4v) is 2.15. The van der Waals surface area contributed by atoms with Crippen molar-refractivity contribution in [2.45, 2.75) is 13.5 Å². The van der Waals surface area contributed by atoms with Crippen LogP contribution in [0.3, 0.4) is 0 Å². The van der Waals surface area contributed by atoms with Gasteiger partial charge in [-0.05, 0) is 36.2 Å². The summed E-state index contributed by atoms with van der Waals surface area (Å²) in [5.41, 5.74) is 9.00. The smallest absolute Gasteiger partial charge is 0.193 e. The molecule has 21 heavy (non-hydrogen) atoms. The molecule has 0 saturated heterocycles. The molecule has 5 heteroatoms. The molecular weight excluding hydrogens is 286 g/mol. The number of rotatable bonds is 4. The van der Waals surface area contributed by atoms with Crippen LogP contribution >= 0.6 is 11.6 Å². The molecular formula is C16H18ClN3O. The summed E-state index contributed by atoms with van der Waals surface area (Å²) in [4.78, 5) is 4.33. The maximum Gasteiger partial charge on any atom is 0.193 e. The van der Waals surface area contributed by atoms with Crippen molar-refractivity contribution >= 4 is 23.2 Å². The molecule has 0 fully saturated rings. The van der Waals surface area contributed by atoms with Crippen LogP contribution in [0.15, 0.2) is 47.5 Å². The van der Waals surface area contributed by atoms with Crippen LogP contribution < -0.4 is 15.8 Å². The number of ether oxygens (including phenoxy) is 1. The van der Waals surface area contributed by atoms with Gasteiger partial charge < -0.3 is 15.8 Å². The van der Waals surface area contributed by atoms with Gasteiger partial charge in [0.1, 0.15) is 5.75 Å². The van der Waals surface area contributed by atoms with E-state index >= 15 is 0 Å². The van der Waals surface area contributed by atoms with Gasteiger partial charge in [0, 0.05) is 5.69 Å². The molecule has 0 bridgehead atoms. The van der Waals surface area contributed by atoms with Crippen LogP contribution in [0.2, 0.25) is 5.02 Å². The summed E-state index contributed by atoms with van der Waals surface area (Å²) in [6, 6.07) is 13.4. The van der Waals surface area contributed by atoms with Gasteiger partial charge in [-0.3, -0.25) is 0 Å². The Labute approximate surface area is 129 Å². The molecule has 0 heterocycles. The standard InChI is InChI=1S/C16H18ClN3O/c1-11-5-3-4-6-12(11)10-19-16(18)20-13-7-8-15(21-2)14(17)9-13/h3-9H,10H2,1-2H3,(H3,18,19,20). The summed E-state index contributed by atoms with van der Waals surface area (Å²) in [6.45, 7) is 2.59. The van der Waals surface area contributed by atoms with E-state index in [-0.39, 0.29) is 0 Å². The molecule has 2 aromatic rings. The fraction of sp³-hybridized carbons (Fsp3) is 0.188. The Balaban J connectivity index is 2.04. The van der Waals surface area contributed by atoms with Crippen molar-refractivity contribution in [3.8, 4) is 5.75 Å². The van der Waals surface area contributed by atoms with Crippen molar-refractivity contribution < 1.29 is 4.74 Å². The van der Waals surface area contributed by atoms with Crippen molar-refractivity contribution in [1.29, 1.82) is 0 Å². The molecule has 0 aliphatic heterocycles. The lowest BCUT2D eigenvalue weighted by molar-refractivity contribution is 0.415. The molecule has 0 aliphatic rings. The van der Waals surface area contributed by atoms with E-state index in [2.05, 4.69) is 23.3 Å². The van der Waals surface area contributed by atoms with Gasteiger partial charge in [-0.1, -0.05) is 35.9 Å². The summed E-state index contributed by atoms with van der Waals surface area (Å²) in [6.07, 6.45) is 0.